The molecule has 0 fully saturated rings. The molecule has 0 saturated carbocycles. The number of hydrogen-bond acceptors (Lipinski definition) is 3. The molecular weight excluding hydrogens is 266 g/mol. The molecule has 0 unspecified atom stereocenters. The van der Waals surface area contributed by atoms with E-state index in [-0.39, 0.29) is 0 Å². The largest absolute Gasteiger partial charge is 0.389 e. The number of anilines is 1. The van der Waals surface area contributed by atoms with Gasteiger partial charge in [0.1, 0.15) is 4.99 Å². The predicted molar refractivity (Wildman–Crippen MR) is 91.2 cm³/mol. The highest BCUT2D eigenvalue weighted by molar-refractivity contribution is 7.80. The molecule has 0 radical (unpaired) electrons. The Balaban J connectivity index is 2.11. The van der Waals surface area contributed by atoms with Crippen LogP contribution in [-0.2, 0) is 0 Å². The van der Waals surface area contributed by atoms with E-state index in [0.29, 0.717) is 4.99 Å². The number of nitrogens with two attached hydrogens (primary N) is 1. The SMILES string of the molecule is CCCCCCCCCCNc1cnccc1C(N)=S. The summed E-state index contributed by atoms with van der Waals surface area (Å²) in [6.45, 7) is 3.21. The Kier molecular flexibility index (Phi) is 8.96. The van der Waals surface area contributed by atoms with Gasteiger partial charge in [-0.05, 0) is 12.5 Å². The van der Waals surface area contributed by atoms with Crippen molar-refractivity contribution in [3.05, 3.63) is 24.0 Å². The van der Waals surface area contributed by atoms with Crippen LogP contribution in [0, 0.1) is 0 Å². The zero-order chi connectivity index (χ0) is 14.6. The summed E-state index contributed by atoms with van der Waals surface area (Å²) < 4.78 is 0. The lowest BCUT2D eigenvalue weighted by Gasteiger charge is -2.10. The number of nitrogens with one attached hydrogen (secondary N) is 1. The van der Waals surface area contributed by atoms with Gasteiger partial charge in [0.15, 0.2) is 0 Å². The van der Waals surface area contributed by atoms with Crippen LogP contribution in [0.25, 0.3) is 0 Å². The molecule has 1 heterocycles. The van der Waals surface area contributed by atoms with E-state index < -0.39 is 0 Å². The first-order valence-electron chi connectivity index (χ1n) is 7.73. The summed E-state index contributed by atoms with van der Waals surface area (Å²) in [5, 5.41) is 3.38. The molecule has 3 nitrogen and oxygen atoms in total. The molecule has 0 aliphatic carbocycles. The van der Waals surface area contributed by atoms with Gasteiger partial charge in [0, 0.05) is 18.3 Å². The van der Waals surface area contributed by atoms with Crippen LogP contribution in [0.2, 0.25) is 0 Å². The zero-order valence-corrected chi connectivity index (χ0v) is 13.3. The molecule has 3 N–H and O–H groups in total. The van der Waals surface area contributed by atoms with Gasteiger partial charge in [-0.15, -0.1) is 0 Å². The standard InChI is InChI=1S/C16H27N3S/c1-2-3-4-5-6-7-8-9-11-19-15-13-18-12-10-14(15)16(17)20/h10,12-13,19H,2-9,11H2,1H3,(H2,17,20). The van der Waals surface area contributed by atoms with Crippen molar-refractivity contribution in [2.45, 2.75) is 58.3 Å². The van der Waals surface area contributed by atoms with E-state index in [2.05, 4.69) is 17.2 Å². The molecule has 1 aromatic heterocycles. The van der Waals surface area contributed by atoms with Crippen LogP contribution < -0.4 is 11.1 Å². The molecular formula is C16H27N3S. The summed E-state index contributed by atoms with van der Waals surface area (Å²) in [5.41, 5.74) is 7.52. The normalized spacial score (nSPS) is 10.4. The second kappa shape index (κ2) is 10.6. The molecule has 0 aliphatic rings. The fourth-order valence-electron chi connectivity index (χ4n) is 2.23. The topological polar surface area (TPSA) is 50.9 Å². The highest BCUT2D eigenvalue weighted by Gasteiger charge is 2.03. The Hall–Kier alpha value is -1.16. The number of rotatable bonds is 11. The van der Waals surface area contributed by atoms with Gasteiger partial charge < -0.3 is 11.1 Å². The minimum absolute atomic E-state index is 0.422. The van der Waals surface area contributed by atoms with Crippen molar-refractivity contribution in [1.82, 2.24) is 4.98 Å². The van der Waals surface area contributed by atoms with Crippen LogP contribution in [0.4, 0.5) is 5.69 Å². The fourth-order valence-corrected chi connectivity index (χ4v) is 2.41. The van der Waals surface area contributed by atoms with Crippen molar-refractivity contribution in [1.29, 1.82) is 0 Å². The average molecular weight is 293 g/mol. The molecule has 0 spiro atoms. The van der Waals surface area contributed by atoms with Gasteiger partial charge in [-0.25, -0.2) is 0 Å². The van der Waals surface area contributed by atoms with Crippen LogP contribution in [0.3, 0.4) is 0 Å². The van der Waals surface area contributed by atoms with E-state index in [1.165, 1.54) is 51.4 Å². The maximum atomic E-state index is 5.69. The van der Waals surface area contributed by atoms with Crippen LogP contribution in [0.5, 0.6) is 0 Å². The molecule has 0 bridgehead atoms. The second-order valence-corrected chi connectivity index (χ2v) is 5.63. The van der Waals surface area contributed by atoms with Crippen LogP contribution in [0.1, 0.15) is 63.9 Å². The summed E-state index contributed by atoms with van der Waals surface area (Å²) in [6, 6.07) is 1.86. The van der Waals surface area contributed by atoms with E-state index in [1.807, 2.05) is 6.07 Å². The monoisotopic (exact) mass is 293 g/mol. The Morgan fingerprint density at radius 3 is 2.45 bits per heavy atom. The number of unbranched alkanes of at least 4 members (excludes halogenated alkanes) is 7. The first kappa shape index (κ1) is 16.9. The van der Waals surface area contributed by atoms with Crippen molar-refractivity contribution in [2.24, 2.45) is 5.73 Å². The molecule has 112 valence electrons. The van der Waals surface area contributed by atoms with Crippen LogP contribution in [0.15, 0.2) is 18.5 Å². The zero-order valence-electron chi connectivity index (χ0n) is 12.5. The van der Waals surface area contributed by atoms with E-state index in [9.17, 15) is 0 Å². The van der Waals surface area contributed by atoms with Gasteiger partial charge in [0.05, 0.1) is 11.9 Å². The van der Waals surface area contributed by atoms with Crippen molar-refractivity contribution < 1.29 is 0 Å². The molecule has 20 heavy (non-hydrogen) atoms. The van der Waals surface area contributed by atoms with Crippen molar-refractivity contribution >= 4 is 22.9 Å². The van der Waals surface area contributed by atoms with Crippen LogP contribution >= 0.6 is 12.2 Å². The van der Waals surface area contributed by atoms with Crippen molar-refractivity contribution in [3.8, 4) is 0 Å². The Morgan fingerprint density at radius 2 is 1.80 bits per heavy atom. The molecule has 1 rings (SSSR count). The first-order valence-corrected chi connectivity index (χ1v) is 8.14. The maximum absolute atomic E-state index is 5.69. The Bertz CT molecular complexity index is 393. The van der Waals surface area contributed by atoms with Gasteiger partial charge >= 0.3 is 0 Å². The van der Waals surface area contributed by atoms with Gasteiger partial charge in [0.2, 0.25) is 0 Å². The molecule has 0 aromatic carbocycles. The third-order valence-electron chi connectivity index (χ3n) is 3.43. The average Bonchev–Trinajstić information content (AvgIpc) is 2.46. The molecule has 4 heteroatoms. The number of pyridine rings is 1. The molecule has 0 aliphatic heterocycles. The highest BCUT2D eigenvalue weighted by Crippen LogP contribution is 2.14. The molecule has 0 amide bonds. The van der Waals surface area contributed by atoms with Crippen LogP contribution in [-0.4, -0.2) is 16.5 Å². The highest BCUT2D eigenvalue weighted by atomic mass is 32.1. The lowest BCUT2D eigenvalue weighted by Crippen LogP contribution is -2.14. The van der Waals surface area contributed by atoms with Crippen molar-refractivity contribution in [2.75, 3.05) is 11.9 Å². The molecule has 0 atom stereocenters. The van der Waals surface area contributed by atoms with Gasteiger partial charge in [-0.1, -0.05) is 64.1 Å². The summed E-state index contributed by atoms with van der Waals surface area (Å²) in [5.74, 6) is 0. The number of thiocarbonyl (C=S) groups is 1. The van der Waals surface area contributed by atoms with Gasteiger partial charge in [-0.2, -0.15) is 0 Å². The molecule has 0 saturated heterocycles. The third-order valence-corrected chi connectivity index (χ3v) is 3.65. The summed E-state index contributed by atoms with van der Waals surface area (Å²) in [7, 11) is 0. The van der Waals surface area contributed by atoms with E-state index >= 15 is 0 Å². The summed E-state index contributed by atoms with van der Waals surface area (Å²) in [6.07, 6.45) is 14.1. The Morgan fingerprint density at radius 1 is 1.15 bits per heavy atom. The minimum atomic E-state index is 0.422. The smallest absolute Gasteiger partial charge is 0.106 e. The van der Waals surface area contributed by atoms with E-state index in [0.717, 1.165) is 17.8 Å². The lowest BCUT2D eigenvalue weighted by molar-refractivity contribution is 0.581. The number of aromatic nitrogens is 1. The fraction of sp³-hybridized carbons (Fsp3) is 0.625. The summed E-state index contributed by atoms with van der Waals surface area (Å²) in [4.78, 5) is 4.53. The van der Waals surface area contributed by atoms with Gasteiger partial charge in [-0.3, -0.25) is 4.98 Å². The predicted octanol–water partition coefficient (Wildman–Crippen LogP) is 4.27. The van der Waals surface area contributed by atoms with E-state index in [4.69, 9.17) is 18.0 Å². The summed E-state index contributed by atoms with van der Waals surface area (Å²) >= 11 is 5.03. The quantitative estimate of drug-likeness (QED) is 0.472. The maximum Gasteiger partial charge on any atom is 0.106 e. The lowest BCUT2D eigenvalue weighted by atomic mass is 10.1. The Labute approximate surface area is 128 Å². The first-order chi connectivity index (χ1) is 9.75. The minimum Gasteiger partial charge on any atom is -0.389 e. The number of nitrogens with zero attached hydrogens (tertiary/aromatic N) is 1. The number of hydrogen-bond donors (Lipinski definition) is 2. The van der Waals surface area contributed by atoms with Crippen molar-refractivity contribution in [3.63, 3.8) is 0 Å². The second-order valence-electron chi connectivity index (χ2n) is 5.19. The molecule has 1 aromatic rings. The van der Waals surface area contributed by atoms with Gasteiger partial charge in [0.25, 0.3) is 0 Å². The van der Waals surface area contributed by atoms with E-state index in [1.54, 1.807) is 12.4 Å². The third kappa shape index (κ3) is 6.85.